The highest BCUT2D eigenvalue weighted by Crippen LogP contribution is 2.60. The summed E-state index contributed by atoms with van der Waals surface area (Å²) in [5.41, 5.74) is 0. The molecule has 2 atom stereocenters. The number of hydrogen-bond acceptors (Lipinski definition) is 5. The molecule has 0 saturated heterocycles. The van der Waals surface area contributed by atoms with E-state index in [-0.39, 0.29) is 11.5 Å². The molecule has 82 valence electrons. The van der Waals surface area contributed by atoms with E-state index in [9.17, 15) is 9.13 Å². The summed E-state index contributed by atoms with van der Waals surface area (Å²) in [6.07, 6.45) is 0. The lowest BCUT2D eigenvalue weighted by Crippen LogP contribution is -1.98. The van der Waals surface area contributed by atoms with Gasteiger partial charge >= 0.3 is 15.6 Å². The first-order valence-electron chi connectivity index (χ1n) is 3.73. The Morgan fingerprint density at radius 3 is 1.53 bits per heavy atom. The fourth-order valence-corrected chi connectivity index (χ4v) is 3.08. The predicted octanol–water partition coefficient (Wildman–Crippen LogP) is 1.68. The van der Waals surface area contributed by atoms with Crippen LogP contribution in [0.1, 0.15) is 0 Å². The molecule has 3 rings (SSSR count). The average molecular weight is 252 g/mol. The van der Waals surface area contributed by atoms with E-state index in [0.29, 0.717) is 0 Å². The minimum Gasteiger partial charge on any atom is -0.404 e. The lowest BCUT2D eigenvalue weighted by atomic mass is 10.3. The van der Waals surface area contributed by atoms with Crippen LogP contribution in [0.5, 0.6) is 11.5 Å². The topological polar surface area (TPSA) is 102 Å². The van der Waals surface area contributed by atoms with Crippen LogP contribution >= 0.6 is 15.6 Å². The van der Waals surface area contributed by atoms with Gasteiger partial charge in [0.25, 0.3) is 0 Å². The molecule has 9 heteroatoms. The molecule has 15 heavy (non-hydrogen) atoms. The molecule has 2 unspecified atom stereocenters. The van der Waals surface area contributed by atoms with E-state index in [1.807, 2.05) is 0 Å². The Hall–Kier alpha value is -0.840. The van der Waals surface area contributed by atoms with Crippen LogP contribution in [0.2, 0.25) is 0 Å². The maximum absolute atomic E-state index is 11.2. The highest BCUT2D eigenvalue weighted by atomic mass is 31.3. The van der Waals surface area contributed by atoms with Gasteiger partial charge < -0.3 is 9.05 Å². The standard InChI is InChI=1S/C6H6O7P2/c7-14(8)11-5-1-2-6(4-3-5)12-15(9,10)13-14/h1-4H,(H,7,8)(H,9,10). The van der Waals surface area contributed by atoms with Gasteiger partial charge in [0.2, 0.25) is 0 Å². The second-order valence-electron chi connectivity index (χ2n) is 2.67. The Kier molecular flexibility index (Phi) is 2.37. The maximum Gasteiger partial charge on any atom is 0.537 e. The lowest BCUT2D eigenvalue weighted by molar-refractivity contribution is 0.236. The number of benzene rings is 1. The molecule has 2 aliphatic heterocycles. The maximum atomic E-state index is 11.2. The molecule has 0 aromatic heterocycles. The smallest absolute Gasteiger partial charge is 0.404 e. The monoisotopic (exact) mass is 252 g/mol. The summed E-state index contributed by atoms with van der Waals surface area (Å²) < 4.78 is 35.3. The number of hydrogen-bond donors (Lipinski definition) is 2. The number of rotatable bonds is 0. The Bertz CT molecular complexity index is 424. The fourth-order valence-electron chi connectivity index (χ4n) is 0.991. The van der Waals surface area contributed by atoms with Crippen molar-refractivity contribution in [2.24, 2.45) is 0 Å². The highest BCUT2D eigenvalue weighted by molar-refractivity contribution is 7.61. The van der Waals surface area contributed by atoms with E-state index >= 15 is 0 Å². The summed E-state index contributed by atoms with van der Waals surface area (Å²) in [4.78, 5) is 18.1. The molecule has 0 saturated carbocycles. The van der Waals surface area contributed by atoms with Crippen molar-refractivity contribution in [3.63, 3.8) is 0 Å². The molecule has 2 aliphatic rings. The van der Waals surface area contributed by atoms with Gasteiger partial charge in [-0.05, 0) is 24.3 Å². The normalized spacial score (nSPS) is 34.5. The molecule has 1 aromatic carbocycles. The average Bonchev–Trinajstić information content (AvgIpc) is 2.10. The van der Waals surface area contributed by atoms with E-state index in [1.54, 1.807) is 0 Å². The summed E-state index contributed by atoms with van der Waals surface area (Å²) in [7, 11) is -9.29. The van der Waals surface area contributed by atoms with Gasteiger partial charge in [-0.15, -0.1) is 0 Å². The molecular weight excluding hydrogens is 246 g/mol. The zero-order valence-electron chi connectivity index (χ0n) is 7.14. The molecule has 7 nitrogen and oxygen atoms in total. The molecule has 2 bridgehead atoms. The Labute approximate surface area is 84.5 Å². The third kappa shape index (κ3) is 2.59. The summed E-state index contributed by atoms with van der Waals surface area (Å²) in [6.45, 7) is 0. The minimum atomic E-state index is -4.64. The molecule has 0 fully saturated rings. The van der Waals surface area contributed by atoms with Gasteiger partial charge in [0.05, 0.1) is 0 Å². The van der Waals surface area contributed by atoms with Gasteiger partial charge in [0, 0.05) is 0 Å². The molecule has 1 aromatic rings. The number of phosphoric ester groups is 2. The molecule has 0 aliphatic carbocycles. The van der Waals surface area contributed by atoms with Gasteiger partial charge in [0.1, 0.15) is 11.5 Å². The van der Waals surface area contributed by atoms with Crippen LogP contribution in [-0.4, -0.2) is 9.79 Å². The number of phosphoric acid groups is 2. The van der Waals surface area contributed by atoms with Gasteiger partial charge in [-0.1, -0.05) is 0 Å². The summed E-state index contributed by atoms with van der Waals surface area (Å²) in [5.74, 6) is 0.0742. The van der Waals surface area contributed by atoms with E-state index in [4.69, 9.17) is 9.79 Å². The largest absolute Gasteiger partial charge is 0.537 e. The Morgan fingerprint density at radius 2 is 1.20 bits per heavy atom. The van der Waals surface area contributed by atoms with Crippen molar-refractivity contribution in [1.82, 2.24) is 0 Å². The molecule has 0 spiro atoms. The lowest BCUT2D eigenvalue weighted by Gasteiger charge is -2.13. The van der Waals surface area contributed by atoms with Crippen LogP contribution in [0.25, 0.3) is 0 Å². The summed E-state index contributed by atoms with van der Waals surface area (Å²) >= 11 is 0. The molecule has 2 heterocycles. The van der Waals surface area contributed by atoms with Gasteiger partial charge in [0.15, 0.2) is 0 Å². The quantitative estimate of drug-likeness (QED) is 0.677. The predicted molar refractivity (Wildman–Crippen MR) is 48.4 cm³/mol. The van der Waals surface area contributed by atoms with E-state index < -0.39 is 15.6 Å². The van der Waals surface area contributed by atoms with E-state index in [1.165, 1.54) is 24.3 Å². The molecule has 0 radical (unpaired) electrons. The van der Waals surface area contributed by atoms with Gasteiger partial charge in [-0.2, -0.15) is 4.31 Å². The third-order valence-corrected chi connectivity index (χ3v) is 4.01. The zero-order chi connectivity index (χ0) is 11.1. The third-order valence-electron chi connectivity index (χ3n) is 1.47. The van der Waals surface area contributed by atoms with Gasteiger partial charge in [-0.25, -0.2) is 9.13 Å². The van der Waals surface area contributed by atoms with Crippen LogP contribution in [0.15, 0.2) is 24.3 Å². The number of fused-ring (bicyclic) bond motifs is 6. The van der Waals surface area contributed by atoms with Gasteiger partial charge in [-0.3, -0.25) is 9.79 Å². The SMILES string of the molecule is O=P1(O)Oc2ccc(cc2)OP(=O)(O)O1. The van der Waals surface area contributed by atoms with Crippen LogP contribution in [0.4, 0.5) is 0 Å². The minimum absolute atomic E-state index is 0.0371. The molecule has 0 amide bonds. The molecule has 2 N–H and O–H groups in total. The molecular formula is C6H6O7P2. The van der Waals surface area contributed by atoms with Crippen molar-refractivity contribution in [2.75, 3.05) is 0 Å². The van der Waals surface area contributed by atoms with Crippen molar-refractivity contribution in [3.05, 3.63) is 24.3 Å². The van der Waals surface area contributed by atoms with Crippen molar-refractivity contribution in [1.29, 1.82) is 0 Å². The van der Waals surface area contributed by atoms with Crippen molar-refractivity contribution < 1.29 is 32.3 Å². The van der Waals surface area contributed by atoms with E-state index in [0.717, 1.165) is 0 Å². The fraction of sp³-hybridized carbons (Fsp3) is 0. The Balaban J connectivity index is 2.49. The van der Waals surface area contributed by atoms with Crippen LogP contribution < -0.4 is 9.05 Å². The second-order valence-corrected chi connectivity index (χ2v) is 5.57. The Morgan fingerprint density at radius 1 is 0.867 bits per heavy atom. The van der Waals surface area contributed by atoms with Crippen molar-refractivity contribution in [3.8, 4) is 11.5 Å². The summed E-state index contributed by atoms with van der Waals surface area (Å²) in [6, 6.07) is 5.25. The van der Waals surface area contributed by atoms with Crippen LogP contribution in [-0.2, 0) is 13.4 Å². The van der Waals surface area contributed by atoms with Crippen LogP contribution in [0, 0.1) is 0 Å². The van der Waals surface area contributed by atoms with E-state index in [2.05, 4.69) is 13.4 Å². The first-order valence-corrected chi connectivity index (χ1v) is 6.72. The highest BCUT2D eigenvalue weighted by Gasteiger charge is 2.38. The van der Waals surface area contributed by atoms with Crippen molar-refractivity contribution in [2.45, 2.75) is 0 Å². The zero-order valence-corrected chi connectivity index (χ0v) is 8.93. The summed E-state index contributed by atoms with van der Waals surface area (Å²) in [5, 5.41) is 0. The first-order chi connectivity index (χ1) is 6.86. The first kappa shape index (κ1) is 10.7. The second kappa shape index (κ2) is 3.33. The van der Waals surface area contributed by atoms with Crippen molar-refractivity contribution >= 4 is 15.6 Å². The van der Waals surface area contributed by atoms with Crippen LogP contribution in [0.3, 0.4) is 0 Å².